The van der Waals surface area contributed by atoms with E-state index in [1.165, 1.54) is 7.11 Å². The lowest BCUT2D eigenvalue weighted by Crippen LogP contribution is -2.25. The van der Waals surface area contributed by atoms with Gasteiger partial charge in [-0.2, -0.15) is 0 Å². The Balaban J connectivity index is 1.88. The van der Waals surface area contributed by atoms with Crippen molar-refractivity contribution in [2.75, 3.05) is 12.8 Å². The number of nitrogen functional groups attached to an aromatic ring is 1. The van der Waals surface area contributed by atoms with Gasteiger partial charge in [-0.1, -0.05) is 17.7 Å². The number of anilines is 1. The number of halogens is 1. The zero-order chi connectivity index (χ0) is 15.0. The Hall–Kier alpha value is -2.20. The molecular weight excluding hydrogens is 288 g/mol. The number of fused-ring (bicyclic) bond motifs is 1. The van der Waals surface area contributed by atoms with Crippen LogP contribution in [-0.4, -0.2) is 17.9 Å². The maximum Gasteiger partial charge on any atom is 0.258 e. The van der Waals surface area contributed by atoms with Gasteiger partial charge in [-0.15, -0.1) is 0 Å². The highest BCUT2D eigenvalue weighted by Crippen LogP contribution is 2.29. The summed E-state index contributed by atoms with van der Waals surface area (Å²) < 4.78 is 5.25. The summed E-state index contributed by atoms with van der Waals surface area (Å²) in [5.41, 5.74) is 9.24. The summed E-state index contributed by atoms with van der Waals surface area (Å²) in [7, 11) is 1.53. The molecule has 0 unspecified atom stereocenters. The molecule has 2 aromatic carbocycles. The van der Waals surface area contributed by atoms with E-state index in [1.54, 1.807) is 23.1 Å². The minimum Gasteiger partial charge on any atom is -0.496 e. The molecule has 0 aliphatic carbocycles. The Kier molecular flexibility index (Phi) is 3.47. The van der Waals surface area contributed by atoms with Crippen LogP contribution in [0.2, 0.25) is 5.02 Å². The van der Waals surface area contributed by atoms with Gasteiger partial charge in [0.15, 0.2) is 0 Å². The van der Waals surface area contributed by atoms with Crippen LogP contribution >= 0.6 is 11.6 Å². The molecular formula is C16H15ClN2O2. The second-order valence-electron chi connectivity index (χ2n) is 5.03. The normalized spacial score (nSPS) is 13.1. The Bertz CT molecular complexity index is 715. The Morgan fingerprint density at radius 3 is 2.71 bits per heavy atom. The average Bonchev–Trinajstić information content (AvgIpc) is 2.89. The first kappa shape index (κ1) is 13.8. The summed E-state index contributed by atoms with van der Waals surface area (Å²) in [6.07, 6.45) is 0. The van der Waals surface area contributed by atoms with E-state index in [2.05, 4.69) is 0 Å². The summed E-state index contributed by atoms with van der Waals surface area (Å²) in [5.74, 6) is 0.418. The summed E-state index contributed by atoms with van der Waals surface area (Å²) in [6.45, 7) is 1.14. The number of nitrogens with two attached hydrogens (primary N) is 1. The molecule has 0 bridgehead atoms. The van der Waals surface area contributed by atoms with Crippen molar-refractivity contribution in [2.24, 2.45) is 0 Å². The fraction of sp³-hybridized carbons (Fsp3) is 0.188. The van der Waals surface area contributed by atoms with E-state index < -0.39 is 0 Å². The second kappa shape index (κ2) is 5.30. The zero-order valence-electron chi connectivity index (χ0n) is 11.6. The zero-order valence-corrected chi connectivity index (χ0v) is 12.4. The van der Waals surface area contributed by atoms with Crippen LogP contribution in [0.1, 0.15) is 21.5 Å². The van der Waals surface area contributed by atoms with E-state index in [1.807, 2.05) is 18.2 Å². The summed E-state index contributed by atoms with van der Waals surface area (Å²) >= 11 is 5.93. The quantitative estimate of drug-likeness (QED) is 0.867. The first-order chi connectivity index (χ1) is 10.1. The van der Waals surface area contributed by atoms with Crippen molar-refractivity contribution in [3.8, 4) is 5.75 Å². The number of hydrogen-bond acceptors (Lipinski definition) is 3. The van der Waals surface area contributed by atoms with Gasteiger partial charge < -0.3 is 15.4 Å². The van der Waals surface area contributed by atoms with Gasteiger partial charge in [0.05, 0.1) is 12.7 Å². The second-order valence-corrected chi connectivity index (χ2v) is 5.47. The monoisotopic (exact) mass is 302 g/mol. The fourth-order valence-corrected chi connectivity index (χ4v) is 2.73. The van der Waals surface area contributed by atoms with Crippen molar-refractivity contribution < 1.29 is 9.53 Å². The summed E-state index contributed by atoms with van der Waals surface area (Å²) in [5, 5.41) is 0.542. The number of rotatable bonds is 2. The number of methoxy groups -OCH3 is 1. The van der Waals surface area contributed by atoms with Crippen molar-refractivity contribution in [1.82, 2.24) is 4.90 Å². The van der Waals surface area contributed by atoms with Crippen LogP contribution in [0.5, 0.6) is 5.75 Å². The lowest BCUT2D eigenvalue weighted by Gasteiger charge is -2.17. The SMILES string of the molecule is COc1cc(Cl)ccc1C(=O)N1Cc2ccc(N)cc2C1. The lowest BCUT2D eigenvalue weighted by molar-refractivity contribution is 0.0748. The van der Waals surface area contributed by atoms with Gasteiger partial charge in [-0.3, -0.25) is 4.79 Å². The number of carbonyl (C=O) groups is 1. The molecule has 1 aliphatic rings. The molecule has 4 nitrogen and oxygen atoms in total. The molecule has 1 aliphatic heterocycles. The minimum atomic E-state index is -0.0710. The molecule has 1 amide bonds. The molecule has 21 heavy (non-hydrogen) atoms. The van der Waals surface area contributed by atoms with E-state index in [9.17, 15) is 4.79 Å². The van der Waals surface area contributed by atoms with Crippen LogP contribution in [0, 0.1) is 0 Å². The molecule has 0 radical (unpaired) electrons. The average molecular weight is 303 g/mol. The summed E-state index contributed by atoms with van der Waals surface area (Å²) in [4.78, 5) is 14.4. The molecule has 0 aromatic heterocycles. The largest absolute Gasteiger partial charge is 0.496 e. The van der Waals surface area contributed by atoms with Gasteiger partial charge in [0.2, 0.25) is 0 Å². The third-order valence-electron chi connectivity index (χ3n) is 3.63. The van der Waals surface area contributed by atoms with Crippen molar-refractivity contribution in [1.29, 1.82) is 0 Å². The first-order valence-electron chi connectivity index (χ1n) is 6.58. The van der Waals surface area contributed by atoms with Crippen LogP contribution in [0.3, 0.4) is 0 Å². The smallest absolute Gasteiger partial charge is 0.258 e. The van der Waals surface area contributed by atoms with Gasteiger partial charge in [0.1, 0.15) is 5.75 Å². The van der Waals surface area contributed by atoms with Crippen LogP contribution in [0.4, 0.5) is 5.69 Å². The maximum absolute atomic E-state index is 12.7. The van der Waals surface area contributed by atoms with E-state index >= 15 is 0 Å². The van der Waals surface area contributed by atoms with Crippen molar-refractivity contribution >= 4 is 23.2 Å². The summed E-state index contributed by atoms with van der Waals surface area (Å²) in [6, 6.07) is 10.8. The van der Waals surface area contributed by atoms with Gasteiger partial charge in [0.25, 0.3) is 5.91 Å². The van der Waals surface area contributed by atoms with E-state index in [4.69, 9.17) is 22.1 Å². The molecule has 2 N–H and O–H groups in total. The Morgan fingerprint density at radius 2 is 1.95 bits per heavy atom. The molecule has 0 saturated heterocycles. The Morgan fingerprint density at radius 1 is 1.19 bits per heavy atom. The van der Waals surface area contributed by atoms with Crippen LogP contribution in [0.15, 0.2) is 36.4 Å². The first-order valence-corrected chi connectivity index (χ1v) is 6.96. The van der Waals surface area contributed by atoms with Crippen molar-refractivity contribution in [3.05, 3.63) is 58.1 Å². The van der Waals surface area contributed by atoms with E-state index in [0.29, 0.717) is 35.1 Å². The number of hydrogen-bond donors (Lipinski definition) is 1. The number of carbonyl (C=O) groups excluding carboxylic acids is 1. The maximum atomic E-state index is 12.7. The van der Waals surface area contributed by atoms with Crippen LogP contribution < -0.4 is 10.5 Å². The Labute approximate surface area is 128 Å². The van der Waals surface area contributed by atoms with Crippen LogP contribution in [0.25, 0.3) is 0 Å². The van der Waals surface area contributed by atoms with Crippen molar-refractivity contribution in [2.45, 2.75) is 13.1 Å². The van der Waals surface area contributed by atoms with Gasteiger partial charge >= 0.3 is 0 Å². The number of ether oxygens (including phenoxy) is 1. The molecule has 108 valence electrons. The number of benzene rings is 2. The topological polar surface area (TPSA) is 55.6 Å². The van der Waals surface area contributed by atoms with Gasteiger partial charge in [-0.05, 0) is 41.5 Å². The molecule has 0 spiro atoms. The lowest BCUT2D eigenvalue weighted by atomic mass is 10.1. The highest BCUT2D eigenvalue weighted by molar-refractivity contribution is 6.30. The molecule has 3 rings (SSSR count). The predicted octanol–water partition coefficient (Wildman–Crippen LogP) is 3.09. The molecule has 0 atom stereocenters. The van der Waals surface area contributed by atoms with E-state index in [0.717, 1.165) is 11.1 Å². The molecule has 0 saturated carbocycles. The van der Waals surface area contributed by atoms with Crippen molar-refractivity contribution in [3.63, 3.8) is 0 Å². The number of nitrogens with zero attached hydrogens (tertiary/aromatic N) is 1. The van der Waals surface area contributed by atoms with Gasteiger partial charge in [-0.25, -0.2) is 0 Å². The highest BCUT2D eigenvalue weighted by atomic mass is 35.5. The predicted molar refractivity (Wildman–Crippen MR) is 82.4 cm³/mol. The number of amides is 1. The molecule has 1 heterocycles. The fourth-order valence-electron chi connectivity index (χ4n) is 2.57. The third kappa shape index (κ3) is 2.54. The molecule has 5 heteroatoms. The van der Waals surface area contributed by atoms with Gasteiger partial charge in [0, 0.05) is 23.8 Å². The minimum absolute atomic E-state index is 0.0710. The molecule has 2 aromatic rings. The third-order valence-corrected chi connectivity index (χ3v) is 3.87. The highest BCUT2D eigenvalue weighted by Gasteiger charge is 2.26. The van der Waals surface area contributed by atoms with Crippen LogP contribution in [-0.2, 0) is 13.1 Å². The van der Waals surface area contributed by atoms with E-state index in [-0.39, 0.29) is 5.91 Å². The standard InChI is InChI=1S/C16H15ClN2O2/c1-21-15-7-12(17)3-5-14(15)16(20)19-8-10-2-4-13(18)6-11(10)9-19/h2-7H,8-9,18H2,1H3. The molecule has 0 fully saturated rings.